The van der Waals surface area contributed by atoms with Gasteiger partial charge in [0.25, 0.3) is 9.84 Å². The van der Waals surface area contributed by atoms with Crippen LogP contribution in [0.2, 0.25) is 0 Å². The molecule has 1 aromatic carbocycles. The summed E-state index contributed by atoms with van der Waals surface area (Å²) in [5.41, 5.74) is -5.70. The Balaban J connectivity index is 2.33. The predicted octanol–water partition coefficient (Wildman–Crippen LogP) is 2.57. The van der Waals surface area contributed by atoms with E-state index in [2.05, 4.69) is 5.32 Å². The summed E-state index contributed by atoms with van der Waals surface area (Å²) in [5, 5.41) is 2.40. The lowest BCUT2D eigenvalue weighted by Gasteiger charge is -2.26. The Kier molecular flexibility index (Phi) is 6.27. The van der Waals surface area contributed by atoms with E-state index < -0.39 is 32.2 Å². The summed E-state index contributed by atoms with van der Waals surface area (Å²) in [6, 6.07) is 1.69. The normalized spacial score (nSPS) is 17.7. The minimum Gasteiger partial charge on any atom is -0.495 e. The summed E-state index contributed by atoms with van der Waals surface area (Å²) >= 11 is 0. The maximum Gasteiger partial charge on any atom is 0.501 e. The summed E-state index contributed by atoms with van der Waals surface area (Å²) in [6.07, 6.45) is 1.00. The molecule has 2 rings (SSSR count). The molecule has 28 heavy (non-hydrogen) atoms. The molecule has 1 N–H and O–H groups in total. The van der Waals surface area contributed by atoms with Gasteiger partial charge in [-0.05, 0) is 31.0 Å². The summed E-state index contributed by atoms with van der Waals surface area (Å²) < 4.78 is 66.7. The number of likely N-dealkylation sites (tertiary alicyclic amines) is 1. The van der Waals surface area contributed by atoms with Gasteiger partial charge in [-0.15, -0.1) is 0 Å². The molecule has 2 amide bonds. The van der Waals surface area contributed by atoms with Gasteiger partial charge < -0.3 is 15.0 Å². The molecule has 0 aliphatic carbocycles. The quantitative estimate of drug-likeness (QED) is 0.787. The second-order valence-electron chi connectivity index (χ2n) is 6.64. The first-order valence-electron chi connectivity index (χ1n) is 8.51. The number of amides is 2. The van der Waals surface area contributed by atoms with Crippen LogP contribution in [0, 0.1) is 5.92 Å². The number of halogens is 3. The number of carbonyl (C=O) groups is 2. The molecule has 156 valence electrons. The minimum absolute atomic E-state index is 0.00536. The van der Waals surface area contributed by atoms with E-state index in [4.69, 9.17) is 4.74 Å². The van der Waals surface area contributed by atoms with E-state index in [-0.39, 0.29) is 23.3 Å². The molecular weight excluding hydrogens is 401 g/mol. The van der Waals surface area contributed by atoms with Crippen LogP contribution in [0.5, 0.6) is 5.75 Å². The van der Waals surface area contributed by atoms with Gasteiger partial charge in [0.05, 0.1) is 17.7 Å². The van der Waals surface area contributed by atoms with Crippen LogP contribution in [-0.2, 0) is 19.4 Å². The fraction of sp³-hybridized carbons (Fsp3) is 0.529. The fourth-order valence-corrected chi connectivity index (χ4v) is 3.72. The van der Waals surface area contributed by atoms with E-state index in [0.29, 0.717) is 25.5 Å². The van der Waals surface area contributed by atoms with Gasteiger partial charge in [-0.3, -0.25) is 9.59 Å². The van der Waals surface area contributed by atoms with Gasteiger partial charge in [0.15, 0.2) is 0 Å². The van der Waals surface area contributed by atoms with Gasteiger partial charge in [-0.1, -0.05) is 13.8 Å². The molecule has 1 aliphatic heterocycles. The van der Waals surface area contributed by atoms with E-state index in [1.165, 1.54) is 12.0 Å². The number of rotatable bonds is 5. The largest absolute Gasteiger partial charge is 0.501 e. The van der Waals surface area contributed by atoms with E-state index in [0.717, 1.165) is 12.1 Å². The molecule has 1 aromatic rings. The second kappa shape index (κ2) is 7.98. The molecule has 1 unspecified atom stereocenters. The van der Waals surface area contributed by atoms with E-state index in [9.17, 15) is 31.2 Å². The topological polar surface area (TPSA) is 92.8 Å². The van der Waals surface area contributed by atoms with Crippen molar-refractivity contribution in [2.75, 3.05) is 19.0 Å². The van der Waals surface area contributed by atoms with Gasteiger partial charge >= 0.3 is 5.51 Å². The lowest BCUT2D eigenvalue weighted by atomic mass is 10.1. The van der Waals surface area contributed by atoms with Crippen LogP contribution in [0.15, 0.2) is 23.1 Å². The van der Waals surface area contributed by atoms with Crippen LogP contribution in [-0.4, -0.2) is 50.3 Å². The number of anilines is 1. The van der Waals surface area contributed by atoms with Gasteiger partial charge in [0, 0.05) is 12.5 Å². The zero-order valence-electron chi connectivity index (χ0n) is 15.5. The molecule has 1 heterocycles. The predicted molar refractivity (Wildman–Crippen MR) is 94.4 cm³/mol. The van der Waals surface area contributed by atoms with Crippen LogP contribution in [0.25, 0.3) is 0 Å². The smallest absolute Gasteiger partial charge is 0.495 e. The molecule has 1 aliphatic rings. The first-order chi connectivity index (χ1) is 12.9. The highest BCUT2D eigenvalue weighted by Crippen LogP contribution is 2.35. The van der Waals surface area contributed by atoms with Gasteiger partial charge in [-0.2, -0.15) is 13.2 Å². The monoisotopic (exact) mass is 422 g/mol. The molecule has 0 radical (unpaired) electrons. The maximum absolute atomic E-state index is 12.8. The van der Waals surface area contributed by atoms with Crippen molar-refractivity contribution >= 4 is 27.3 Å². The average Bonchev–Trinajstić information content (AvgIpc) is 3.09. The molecule has 0 saturated carbocycles. The SMILES string of the molecule is COc1ccc(S(=O)(=O)C(F)(F)F)cc1NC(=O)C1CCCN1C(=O)C(C)C. The Morgan fingerprint density at radius 1 is 1.29 bits per heavy atom. The standard InChI is InChI=1S/C17H21F3N2O5S/c1-10(2)16(24)22-8-4-5-13(22)15(23)21-12-9-11(6-7-14(12)27-3)28(25,26)17(18,19)20/h6-7,9-10,13H,4-5,8H2,1-3H3,(H,21,23). The Morgan fingerprint density at radius 3 is 2.46 bits per heavy atom. The fourth-order valence-electron chi connectivity index (χ4n) is 2.94. The highest BCUT2D eigenvalue weighted by atomic mass is 32.2. The third-order valence-electron chi connectivity index (χ3n) is 4.38. The molecule has 11 heteroatoms. The van der Waals surface area contributed by atoms with E-state index >= 15 is 0 Å². The number of nitrogens with zero attached hydrogens (tertiary/aromatic N) is 1. The van der Waals surface area contributed by atoms with Crippen LogP contribution >= 0.6 is 0 Å². The zero-order valence-corrected chi connectivity index (χ0v) is 16.4. The van der Waals surface area contributed by atoms with Crippen LogP contribution in [0.4, 0.5) is 18.9 Å². The van der Waals surface area contributed by atoms with Crippen molar-refractivity contribution in [3.63, 3.8) is 0 Å². The molecule has 0 spiro atoms. The van der Waals surface area contributed by atoms with Crippen molar-refractivity contribution in [2.24, 2.45) is 5.92 Å². The molecule has 1 saturated heterocycles. The van der Waals surface area contributed by atoms with E-state index in [1.807, 2.05) is 0 Å². The molecular formula is C17H21F3N2O5S. The maximum atomic E-state index is 12.8. The number of sulfone groups is 1. The summed E-state index contributed by atoms with van der Waals surface area (Å²) in [5.74, 6) is -1.15. The van der Waals surface area contributed by atoms with Crippen molar-refractivity contribution in [1.29, 1.82) is 0 Å². The minimum atomic E-state index is -5.59. The highest BCUT2D eigenvalue weighted by Gasteiger charge is 2.47. The van der Waals surface area contributed by atoms with Gasteiger partial charge in [-0.25, -0.2) is 8.42 Å². The van der Waals surface area contributed by atoms with Gasteiger partial charge in [0.1, 0.15) is 11.8 Å². The number of nitrogens with one attached hydrogen (secondary N) is 1. The number of ether oxygens (including phenoxy) is 1. The summed E-state index contributed by atoms with van der Waals surface area (Å²) in [4.78, 5) is 25.3. The number of hydrogen-bond donors (Lipinski definition) is 1. The van der Waals surface area contributed by atoms with E-state index in [1.54, 1.807) is 13.8 Å². The van der Waals surface area contributed by atoms with Crippen molar-refractivity contribution in [3.05, 3.63) is 18.2 Å². The molecule has 7 nitrogen and oxygen atoms in total. The average molecular weight is 422 g/mol. The van der Waals surface area contributed by atoms with Crippen molar-refractivity contribution in [1.82, 2.24) is 4.90 Å². The number of hydrogen-bond acceptors (Lipinski definition) is 5. The number of carbonyl (C=O) groups excluding carboxylic acids is 2. The lowest BCUT2D eigenvalue weighted by Crippen LogP contribution is -2.44. The third-order valence-corrected chi connectivity index (χ3v) is 5.86. The number of methoxy groups -OCH3 is 1. The molecule has 0 bridgehead atoms. The number of benzene rings is 1. The van der Waals surface area contributed by atoms with Crippen molar-refractivity contribution in [2.45, 2.75) is 43.1 Å². The molecule has 1 atom stereocenters. The third kappa shape index (κ3) is 4.23. The molecule has 0 aromatic heterocycles. The highest BCUT2D eigenvalue weighted by molar-refractivity contribution is 7.92. The van der Waals surface area contributed by atoms with Crippen LogP contribution in [0.1, 0.15) is 26.7 Å². The first-order valence-corrected chi connectivity index (χ1v) is 9.99. The Labute approximate surface area is 160 Å². The van der Waals surface area contributed by atoms with Crippen LogP contribution < -0.4 is 10.1 Å². The zero-order chi connectivity index (χ0) is 21.3. The Morgan fingerprint density at radius 2 is 1.93 bits per heavy atom. The second-order valence-corrected chi connectivity index (χ2v) is 8.59. The number of alkyl halides is 3. The molecule has 1 fully saturated rings. The Hall–Kier alpha value is -2.30. The van der Waals surface area contributed by atoms with Crippen molar-refractivity contribution < 1.29 is 35.9 Å². The van der Waals surface area contributed by atoms with Crippen molar-refractivity contribution in [3.8, 4) is 5.75 Å². The first kappa shape index (κ1) is 22.0. The van der Waals surface area contributed by atoms with Gasteiger partial charge in [0.2, 0.25) is 11.8 Å². The Bertz CT molecular complexity index is 868. The van der Waals surface area contributed by atoms with Crippen LogP contribution in [0.3, 0.4) is 0 Å². The lowest BCUT2D eigenvalue weighted by molar-refractivity contribution is -0.139. The summed E-state index contributed by atoms with van der Waals surface area (Å²) in [6.45, 7) is 3.79. The summed E-state index contributed by atoms with van der Waals surface area (Å²) in [7, 11) is -4.36.